The predicted octanol–water partition coefficient (Wildman–Crippen LogP) is 7.34. The fourth-order valence-electron chi connectivity index (χ4n) is 4.91. The molecular formula is C34H38ClN5O4S. The summed E-state index contributed by atoms with van der Waals surface area (Å²) < 4.78 is 29.6. The quantitative estimate of drug-likeness (QED) is 0.140. The number of halogens is 1. The van der Waals surface area contributed by atoms with Crippen molar-refractivity contribution in [1.29, 1.82) is 0 Å². The summed E-state index contributed by atoms with van der Waals surface area (Å²) in [5.74, 6) is -0.986. The van der Waals surface area contributed by atoms with E-state index < -0.39 is 21.8 Å². The van der Waals surface area contributed by atoms with Crippen LogP contribution in [0, 0.1) is 0 Å². The van der Waals surface area contributed by atoms with Gasteiger partial charge in [0, 0.05) is 54.5 Å². The number of rotatable bonds is 13. The van der Waals surface area contributed by atoms with E-state index in [0.717, 1.165) is 37.6 Å². The van der Waals surface area contributed by atoms with Crippen LogP contribution in [0.2, 0.25) is 5.02 Å². The van der Waals surface area contributed by atoms with E-state index in [0.29, 0.717) is 11.4 Å². The van der Waals surface area contributed by atoms with Crippen LogP contribution < -0.4 is 25.2 Å². The summed E-state index contributed by atoms with van der Waals surface area (Å²) in [5.41, 5.74) is 3.49. The normalized spacial score (nSPS) is 11.0. The van der Waals surface area contributed by atoms with Crippen LogP contribution in [0.1, 0.15) is 48.4 Å². The lowest BCUT2D eigenvalue weighted by molar-refractivity contribution is 0.101. The smallest absolute Gasteiger partial charge is 0.263 e. The highest BCUT2D eigenvalue weighted by molar-refractivity contribution is 7.92. The minimum atomic E-state index is -4.30. The van der Waals surface area contributed by atoms with Gasteiger partial charge in [-0.05, 0) is 107 Å². The molecule has 4 rings (SSSR count). The molecule has 236 valence electrons. The highest BCUT2D eigenvalue weighted by Gasteiger charge is 2.23. The molecule has 0 atom stereocenters. The van der Waals surface area contributed by atoms with Crippen molar-refractivity contribution in [3.8, 4) is 0 Å². The number of hydrogen-bond donors (Lipinski definition) is 3. The van der Waals surface area contributed by atoms with Gasteiger partial charge in [0.2, 0.25) is 0 Å². The maximum atomic E-state index is 13.5. The van der Waals surface area contributed by atoms with Crippen molar-refractivity contribution >= 4 is 61.9 Å². The molecule has 11 heteroatoms. The van der Waals surface area contributed by atoms with E-state index in [-0.39, 0.29) is 26.7 Å². The molecule has 0 aliphatic carbocycles. The molecule has 45 heavy (non-hydrogen) atoms. The third-order valence-electron chi connectivity index (χ3n) is 7.41. The van der Waals surface area contributed by atoms with Crippen LogP contribution in [0.4, 0.5) is 28.4 Å². The topological polar surface area (TPSA) is 111 Å². The van der Waals surface area contributed by atoms with Crippen molar-refractivity contribution in [3.63, 3.8) is 0 Å². The number of sulfonamides is 1. The van der Waals surface area contributed by atoms with Crippen LogP contribution in [0.3, 0.4) is 0 Å². The molecule has 0 saturated heterocycles. The number of amides is 2. The lowest BCUT2D eigenvalue weighted by atomic mass is 10.1. The van der Waals surface area contributed by atoms with Crippen molar-refractivity contribution in [2.75, 3.05) is 51.3 Å². The van der Waals surface area contributed by atoms with E-state index in [1.165, 1.54) is 30.3 Å². The van der Waals surface area contributed by atoms with Gasteiger partial charge in [0.15, 0.2) is 0 Å². The summed E-state index contributed by atoms with van der Waals surface area (Å²) in [5, 5.41) is 5.56. The first-order valence-corrected chi connectivity index (χ1v) is 16.7. The molecule has 3 N–H and O–H groups in total. The molecule has 0 aliphatic rings. The monoisotopic (exact) mass is 647 g/mol. The number of benzene rings is 4. The summed E-state index contributed by atoms with van der Waals surface area (Å²) in [4.78, 5) is 30.4. The summed E-state index contributed by atoms with van der Waals surface area (Å²) in [6.07, 6.45) is 0. The highest BCUT2D eigenvalue weighted by atomic mass is 35.5. The van der Waals surface area contributed by atoms with E-state index in [1.54, 1.807) is 36.4 Å². The molecule has 4 aromatic rings. The van der Waals surface area contributed by atoms with Crippen LogP contribution in [0.5, 0.6) is 0 Å². The van der Waals surface area contributed by atoms with Gasteiger partial charge < -0.3 is 20.4 Å². The Bertz CT molecular complexity index is 1740. The number of para-hydroxylation sites is 1. The van der Waals surface area contributed by atoms with Crippen LogP contribution in [-0.2, 0) is 10.0 Å². The number of carbonyl (C=O) groups is 2. The average Bonchev–Trinajstić information content (AvgIpc) is 3.04. The molecule has 9 nitrogen and oxygen atoms in total. The molecular weight excluding hydrogens is 610 g/mol. The zero-order chi connectivity index (χ0) is 32.6. The Morgan fingerprint density at radius 3 is 1.67 bits per heavy atom. The van der Waals surface area contributed by atoms with Crippen LogP contribution in [0.15, 0.2) is 95.9 Å². The second-order valence-corrected chi connectivity index (χ2v) is 12.2. The van der Waals surface area contributed by atoms with E-state index in [1.807, 2.05) is 24.3 Å². The molecule has 0 spiro atoms. The summed E-state index contributed by atoms with van der Waals surface area (Å²) in [7, 11) is -4.30. The van der Waals surface area contributed by atoms with Crippen molar-refractivity contribution in [2.24, 2.45) is 0 Å². The lowest BCUT2D eigenvalue weighted by Crippen LogP contribution is -2.22. The van der Waals surface area contributed by atoms with Gasteiger partial charge in [0.25, 0.3) is 21.8 Å². The van der Waals surface area contributed by atoms with Crippen LogP contribution in [0.25, 0.3) is 0 Å². The predicted molar refractivity (Wildman–Crippen MR) is 185 cm³/mol. The van der Waals surface area contributed by atoms with Gasteiger partial charge in [-0.1, -0.05) is 23.7 Å². The summed E-state index contributed by atoms with van der Waals surface area (Å²) in [6, 6.07) is 25.1. The molecule has 0 heterocycles. The summed E-state index contributed by atoms with van der Waals surface area (Å²) in [6.45, 7) is 11.7. The van der Waals surface area contributed by atoms with Gasteiger partial charge in [-0.25, -0.2) is 8.42 Å². The Morgan fingerprint density at radius 2 is 1.16 bits per heavy atom. The second kappa shape index (κ2) is 15.0. The van der Waals surface area contributed by atoms with Gasteiger partial charge in [-0.3, -0.25) is 14.3 Å². The third-order valence-corrected chi connectivity index (χ3v) is 9.25. The number of nitrogens with zero attached hydrogens (tertiary/aromatic N) is 2. The first kappa shape index (κ1) is 33.4. The average molecular weight is 648 g/mol. The minimum Gasteiger partial charge on any atom is -0.372 e. The van der Waals surface area contributed by atoms with Crippen molar-refractivity contribution in [2.45, 2.75) is 32.6 Å². The zero-order valence-corrected chi connectivity index (χ0v) is 27.4. The molecule has 0 unspecified atom stereocenters. The molecule has 0 radical (unpaired) electrons. The SMILES string of the molecule is CCN(CC)c1ccc(NC(=O)c2ccc(Cl)c(S(=O)(=O)Nc3ccccc3C(=O)Nc3ccc(N(CC)CC)cc3)c2)cc1. The maximum absolute atomic E-state index is 13.5. The molecule has 0 aromatic heterocycles. The molecule has 0 bridgehead atoms. The summed E-state index contributed by atoms with van der Waals surface area (Å²) >= 11 is 6.31. The van der Waals surface area contributed by atoms with E-state index >= 15 is 0 Å². The number of hydrogen-bond acceptors (Lipinski definition) is 6. The van der Waals surface area contributed by atoms with Gasteiger partial charge in [-0.15, -0.1) is 0 Å². The first-order chi connectivity index (χ1) is 21.6. The van der Waals surface area contributed by atoms with Gasteiger partial charge in [0.1, 0.15) is 4.90 Å². The standard InChI is InChI=1S/C34H38ClN5O4S/c1-5-39(6-2)27-18-14-25(15-19-27)36-33(41)24-13-22-30(35)32(23-24)45(43,44)38-31-12-10-9-11-29(31)34(42)37-26-16-20-28(21-17-26)40(7-3)8-4/h9-23,38H,5-8H2,1-4H3,(H,36,41)(H,37,42). The molecule has 0 aliphatic heterocycles. The Labute approximate surface area is 270 Å². The molecule has 4 aromatic carbocycles. The first-order valence-electron chi connectivity index (χ1n) is 14.8. The molecule has 2 amide bonds. The van der Waals surface area contributed by atoms with Gasteiger partial charge in [-0.2, -0.15) is 0 Å². The number of carbonyl (C=O) groups excluding carboxylic acids is 2. The Morgan fingerprint density at radius 1 is 0.667 bits per heavy atom. The minimum absolute atomic E-state index is 0.0639. The Kier molecular flexibility index (Phi) is 11.1. The Hall–Kier alpha value is -4.54. The van der Waals surface area contributed by atoms with Crippen molar-refractivity contribution in [1.82, 2.24) is 0 Å². The van der Waals surface area contributed by atoms with E-state index in [4.69, 9.17) is 11.6 Å². The zero-order valence-electron chi connectivity index (χ0n) is 25.8. The molecule has 0 fully saturated rings. The van der Waals surface area contributed by atoms with Gasteiger partial charge in [0.05, 0.1) is 16.3 Å². The van der Waals surface area contributed by atoms with Crippen LogP contribution >= 0.6 is 11.6 Å². The maximum Gasteiger partial charge on any atom is 0.263 e. The Balaban J connectivity index is 1.51. The fourth-order valence-corrected chi connectivity index (χ4v) is 6.52. The van der Waals surface area contributed by atoms with E-state index in [9.17, 15) is 18.0 Å². The van der Waals surface area contributed by atoms with Crippen LogP contribution in [-0.4, -0.2) is 46.4 Å². The van der Waals surface area contributed by atoms with Crippen molar-refractivity contribution in [3.05, 3.63) is 107 Å². The van der Waals surface area contributed by atoms with Crippen molar-refractivity contribution < 1.29 is 18.0 Å². The second-order valence-electron chi connectivity index (χ2n) is 10.1. The lowest BCUT2D eigenvalue weighted by Gasteiger charge is -2.21. The largest absolute Gasteiger partial charge is 0.372 e. The van der Waals surface area contributed by atoms with Gasteiger partial charge >= 0.3 is 0 Å². The third kappa shape index (κ3) is 8.14. The number of anilines is 5. The van der Waals surface area contributed by atoms with E-state index in [2.05, 4.69) is 52.9 Å². The molecule has 0 saturated carbocycles. The highest BCUT2D eigenvalue weighted by Crippen LogP contribution is 2.28. The fraction of sp³-hybridized carbons (Fsp3) is 0.235. The number of nitrogens with one attached hydrogen (secondary N) is 3.